The summed E-state index contributed by atoms with van der Waals surface area (Å²) in [5.41, 5.74) is 1.84. The van der Waals surface area contributed by atoms with Crippen LogP contribution in [0.2, 0.25) is 0 Å². The van der Waals surface area contributed by atoms with Crippen LogP contribution in [0.25, 0.3) is 22.3 Å². The van der Waals surface area contributed by atoms with Crippen LogP contribution in [0.5, 0.6) is 11.5 Å². The van der Waals surface area contributed by atoms with Crippen molar-refractivity contribution in [2.45, 2.75) is 0 Å². The van der Waals surface area contributed by atoms with Gasteiger partial charge in [-0.3, -0.25) is 4.98 Å². The number of hydrogen-bond donors (Lipinski definition) is 0. The largest absolute Gasteiger partial charge is 0.493 e. The normalized spacial score (nSPS) is 10.7. The van der Waals surface area contributed by atoms with Crippen LogP contribution >= 0.6 is 0 Å². The van der Waals surface area contributed by atoms with E-state index in [1.54, 1.807) is 19.5 Å². The average Bonchev–Trinajstić information content (AvgIpc) is 2.79. The van der Waals surface area contributed by atoms with Gasteiger partial charge in [0, 0.05) is 30.4 Å². The molecule has 0 aliphatic rings. The maximum absolute atomic E-state index is 5.93. The van der Waals surface area contributed by atoms with Crippen LogP contribution in [0, 0.1) is 0 Å². The number of pyridine rings is 1. The monoisotopic (exact) mass is 386 g/mol. The first-order valence-corrected chi connectivity index (χ1v) is 9.40. The summed E-state index contributed by atoms with van der Waals surface area (Å²) in [6.07, 6.45) is 3.50. The quantitative estimate of drug-likeness (QED) is 0.474. The fourth-order valence-electron chi connectivity index (χ4n) is 3.12. The summed E-state index contributed by atoms with van der Waals surface area (Å²) in [6, 6.07) is 19.5. The number of para-hydroxylation sites is 3. The van der Waals surface area contributed by atoms with Crippen molar-refractivity contribution in [2.75, 3.05) is 32.2 Å². The molecular formula is C23H22N4O2. The minimum atomic E-state index is 0.500. The molecule has 4 rings (SSSR count). The van der Waals surface area contributed by atoms with Crippen molar-refractivity contribution in [3.63, 3.8) is 0 Å². The van der Waals surface area contributed by atoms with Crippen molar-refractivity contribution >= 4 is 16.7 Å². The van der Waals surface area contributed by atoms with Crippen LogP contribution in [0.4, 0.5) is 5.82 Å². The van der Waals surface area contributed by atoms with E-state index in [1.807, 2.05) is 67.7 Å². The Morgan fingerprint density at radius 2 is 1.59 bits per heavy atom. The van der Waals surface area contributed by atoms with Gasteiger partial charge in [-0.2, -0.15) is 0 Å². The van der Waals surface area contributed by atoms with E-state index in [2.05, 4.69) is 9.88 Å². The highest BCUT2D eigenvalue weighted by atomic mass is 16.5. The number of likely N-dealkylation sites (N-methyl/N-ethyl adjacent to an activating group) is 1. The van der Waals surface area contributed by atoms with E-state index < -0.39 is 0 Å². The van der Waals surface area contributed by atoms with E-state index in [9.17, 15) is 0 Å². The van der Waals surface area contributed by atoms with E-state index in [0.29, 0.717) is 19.0 Å². The van der Waals surface area contributed by atoms with Crippen molar-refractivity contribution in [3.05, 3.63) is 73.1 Å². The third-order valence-electron chi connectivity index (χ3n) is 4.64. The summed E-state index contributed by atoms with van der Waals surface area (Å²) < 4.78 is 11.3. The van der Waals surface area contributed by atoms with Gasteiger partial charge in [-0.15, -0.1) is 0 Å². The average molecular weight is 386 g/mol. The van der Waals surface area contributed by atoms with E-state index >= 15 is 0 Å². The van der Waals surface area contributed by atoms with Crippen LogP contribution < -0.4 is 14.4 Å². The number of methoxy groups -OCH3 is 1. The SMILES string of the molecule is COc1ccccc1OCCN(C)c1nc(-c2ccncc2)nc2ccccc12. The molecule has 0 amide bonds. The Morgan fingerprint density at radius 3 is 2.38 bits per heavy atom. The predicted octanol–water partition coefficient (Wildman–Crippen LogP) is 4.22. The molecule has 2 aromatic carbocycles. The number of ether oxygens (including phenoxy) is 2. The molecule has 0 unspecified atom stereocenters. The third kappa shape index (κ3) is 4.11. The van der Waals surface area contributed by atoms with Crippen molar-refractivity contribution < 1.29 is 9.47 Å². The first-order chi connectivity index (χ1) is 14.3. The molecule has 0 fully saturated rings. The van der Waals surface area contributed by atoms with Gasteiger partial charge in [0.1, 0.15) is 12.4 Å². The fourth-order valence-corrected chi connectivity index (χ4v) is 3.12. The van der Waals surface area contributed by atoms with Crippen LogP contribution in [0.15, 0.2) is 73.1 Å². The van der Waals surface area contributed by atoms with Gasteiger partial charge in [0.05, 0.1) is 19.2 Å². The Balaban J connectivity index is 1.59. The summed E-state index contributed by atoms with van der Waals surface area (Å²) in [5, 5.41) is 1.00. The molecule has 0 saturated heterocycles. The number of aromatic nitrogens is 3. The molecule has 0 aliphatic heterocycles. The molecule has 6 nitrogen and oxygen atoms in total. The van der Waals surface area contributed by atoms with Gasteiger partial charge in [0.15, 0.2) is 17.3 Å². The molecule has 4 aromatic rings. The zero-order chi connectivity index (χ0) is 20.1. The molecule has 0 aliphatic carbocycles. The van der Waals surface area contributed by atoms with E-state index in [0.717, 1.165) is 33.8 Å². The Hall–Kier alpha value is -3.67. The summed E-state index contributed by atoms with van der Waals surface area (Å²) in [5.74, 6) is 3.00. The summed E-state index contributed by atoms with van der Waals surface area (Å²) in [7, 11) is 3.65. The van der Waals surface area contributed by atoms with Gasteiger partial charge < -0.3 is 14.4 Å². The molecule has 2 aromatic heterocycles. The maximum Gasteiger partial charge on any atom is 0.162 e. The van der Waals surface area contributed by atoms with Crippen LogP contribution in [0.3, 0.4) is 0 Å². The van der Waals surface area contributed by atoms with Crippen molar-refractivity contribution in [2.24, 2.45) is 0 Å². The van der Waals surface area contributed by atoms with Gasteiger partial charge in [-0.05, 0) is 36.4 Å². The summed E-state index contributed by atoms with van der Waals surface area (Å²) in [6.45, 7) is 1.16. The zero-order valence-electron chi connectivity index (χ0n) is 16.4. The second-order valence-electron chi connectivity index (χ2n) is 6.54. The highest BCUT2D eigenvalue weighted by molar-refractivity contribution is 5.90. The maximum atomic E-state index is 5.93. The van der Waals surface area contributed by atoms with Crippen molar-refractivity contribution in [1.29, 1.82) is 0 Å². The second-order valence-corrected chi connectivity index (χ2v) is 6.54. The van der Waals surface area contributed by atoms with Gasteiger partial charge in [0.25, 0.3) is 0 Å². The van der Waals surface area contributed by atoms with Gasteiger partial charge in [-0.1, -0.05) is 24.3 Å². The van der Waals surface area contributed by atoms with E-state index in [4.69, 9.17) is 19.4 Å². The van der Waals surface area contributed by atoms with Crippen molar-refractivity contribution in [3.8, 4) is 22.9 Å². The highest BCUT2D eigenvalue weighted by Crippen LogP contribution is 2.28. The van der Waals surface area contributed by atoms with Crippen LogP contribution in [0.1, 0.15) is 0 Å². The van der Waals surface area contributed by atoms with Gasteiger partial charge in [-0.25, -0.2) is 9.97 Å². The topological polar surface area (TPSA) is 60.4 Å². The second kappa shape index (κ2) is 8.56. The van der Waals surface area contributed by atoms with Gasteiger partial charge in [0.2, 0.25) is 0 Å². The lowest BCUT2D eigenvalue weighted by Crippen LogP contribution is -2.25. The Labute approximate surface area is 169 Å². The van der Waals surface area contributed by atoms with Crippen LogP contribution in [-0.2, 0) is 0 Å². The molecule has 6 heteroatoms. The number of anilines is 1. The minimum absolute atomic E-state index is 0.500. The Kier molecular flexibility index (Phi) is 5.52. The molecule has 146 valence electrons. The van der Waals surface area contributed by atoms with E-state index in [-0.39, 0.29) is 0 Å². The molecule has 0 spiro atoms. The first-order valence-electron chi connectivity index (χ1n) is 9.40. The standard InChI is InChI=1S/C23H22N4O2/c1-27(15-16-29-21-10-6-5-9-20(21)28-2)23-18-7-3-4-8-19(18)25-22(26-23)17-11-13-24-14-12-17/h3-14H,15-16H2,1-2H3. The summed E-state index contributed by atoms with van der Waals surface area (Å²) >= 11 is 0. The highest BCUT2D eigenvalue weighted by Gasteiger charge is 2.13. The lowest BCUT2D eigenvalue weighted by molar-refractivity contribution is 0.301. The molecular weight excluding hydrogens is 364 g/mol. The minimum Gasteiger partial charge on any atom is -0.493 e. The zero-order valence-corrected chi connectivity index (χ0v) is 16.4. The van der Waals surface area contributed by atoms with E-state index in [1.165, 1.54) is 0 Å². The molecule has 0 bridgehead atoms. The predicted molar refractivity (Wildman–Crippen MR) is 115 cm³/mol. The number of nitrogens with zero attached hydrogens (tertiary/aromatic N) is 4. The van der Waals surface area contributed by atoms with Crippen molar-refractivity contribution in [1.82, 2.24) is 15.0 Å². The van der Waals surface area contributed by atoms with Gasteiger partial charge >= 0.3 is 0 Å². The number of benzene rings is 2. The number of hydrogen-bond acceptors (Lipinski definition) is 6. The third-order valence-corrected chi connectivity index (χ3v) is 4.64. The Morgan fingerprint density at radius 1 is 0.862 bits per heavy atom. The molecule has 0 radical (unpaired) electrons. The molecule has 2 heterocycles. The fraction of sp³-hybridized carbons (Fsp3) is 0.174. The van der Waals surface area contributed by atoms with Crippen LogP contribution in [-0.4, -0.2) is 42.3 Å². The lowest BCUT2D eigenvalue weighted by Gasteiger charge is -2.21. The smallest absolute Gasteiger partial charge is 0.162 e. The Bertz CT molecular complexity index is 1100. The number of fused-ring (bicyclic) bond motifs is 1. The number of rotatable bonds is 7. The molecule has 0 atom stereocenters. The lowest BCUT2D eigenvalue weighted by atomic mass is 10.2. The summed E-state index contributed by atoms with van der Waals surface area (Å²) in [4.78, 5) is 15.7. The first kappa shape index (κ1) is 18.7. The molecule has 0 N–H and O–H groups in total. The molecule has 0 saturated carbocycles. The molecule has 29 heavy (non-hydrogen) atoms.